The lowest BCUT2D eigenvalue weighted by atomic mass is 10.0. The van der Waals surface area contributed by atoms with Gasteiger partial charge in [-0.05, 0) is 31.0 Å². The minimum Gasteiger partial charge on any atom is -0.381 e. The van der Waals surface area contributed by atoms with E-state index in [0.717, 1.165) is 37.9 Å². The molecule has 18 heavy (non-hydrogen) atoms. The molecule has 1 aromatic rings. The first-order chi connectivity index (χ1) is 8.78. The molecule has 0 aromatic heterocycles. The molecule has 0 amide bonds. The van der Waals surface area contributed by atoms with Crippen molar-refractivity contribution in [2.45, 2.75) is 18.9 Å². The number of carbonyl (C=O) groups is 1. The Morgan fingerprint density at radius 1 is 1.44 bits per heavy atom. The molecule has 4 nitrogen and oxygen atoms in total. The Balaban J connectivity index is 2.19. The molecule has 0 atom stereocenters. The van der Waals surface area contributed by atoms with Crippen molar-refractivity contribution in [1.29, 1.82) is 5.26 Å². The first-order valence-corrected chi connectivity index (χ1v) is 6.05. The third kappa shape index (κ3) is 2.52. The molecule has 1 aromatic carbocycles. The van der Waals surface area contributed by atoms with E-state index in [1.54, 1.807) is 19.2 Å². The molecule has 1 aliphatic rings. The number of hydrogen-bond acceptors (Lipinski definition) is 4. The number of rotatable bonds is 3. The zero-order valence-corrected chi connectivity index (χ0v) is 10.4. The predicted octanol–water partition coefficient (Wildman–Crippen LogP) is 1.99. The first kappa shape index (κ1) is 12.6. The Kier molecular flexibility index (Phi) is 3.96. The van der Waals surface area contributed by atoms with Crippen LogP contribution in [0.25, 0.3) is 0 Å². The Labute approximate surface area is 107 Å². The van der Waals surface area contributed by atoms with Crippen molar-refractivity contribution in [1.82, 2.24) is 0 Å². The molecule has 0 saturated carbocycles. The molecule has 0 aliphatic carbocycles. The van der Waals surface area contributed by atoms with Crippen LogP contribution in [0.15, 0.2) is 18.2 Å². The number of methoxy groups -OCH3 is 1. The lowest BCUT2D eigenvalue weighted by Crippen LogP contribution is -2.37. The SMILES string of the molecule is COC1CCN(c2ccc(C=O)cc2C#N)CC1. The summed E-state index contributed by atoms with van der Waals surface area (Å²) in [6.45, 7) is 1.77. The summed E-state index contributed by atoms with van der Waals surface area (Å²) in [4.78, 5) is 12.9. The van der Waals surface area contributed by atoms with Gasteiger partial charge in [0.15, 0.2) is 0 Å². The molecule has 1 aliphatic heterocycles. The second kappa shape index (κ2) is 5.65. The largest absolute Gasteiger partial charge is 0.381 e. The highest BCUT2D eigenvalue weighted by molar-refractivity contribution is 5.78. The van der Waals surface area contributed by atoms with Crippen LogP contribution in [-0.4, -0.2) is 32.6 Å². The van der Waals surface area contributed by atoms with E-state index in [0.29, 0.717) is 17.2 Å². The van der Waals surface area contributed by atoms with Gasteiger partial charge in [-0.3, -0.25) is 4.79 Å². The van der Waals surface area contributed by atoms with Gasteiger partial charge in [0, 0.05) is 25.8 Å². The molecular weight excluding hydrogens is 228 g/mol. The molecule has 0 unspecified atom stereocenters. The minimum atomic E-state index is 0.320. The van der Waals surface area contributed by atoms with Gasteiger partial charge in [0.25, 0.3) is 0 Å². The van der Waals surface area contributed by atoms with Crippen LogP contribution in [-0.2, 0) is 4.74 Å². The van der Waals surface area contributed by atoms with Crippen LogP contribution < -0.4 is 4.90 Å². The summed E-state index contributed by atoms with van der Waals surface area (Å²) in [6, 6.07) is 7.42. The average Bonchev–Trinajstić information content (AvgIpc) is 2.46. The van der Waals surface area contributed by atoms with Crippen molar-refractivity contribution >= 4 is 12.0 Å². The van der Waals surface area contributed by atoms with Crippen LogP contribution in [0.4, 0.5) is 5.69 Å². The molecule has 4 heteroatoms. The summed E-state index contributed by atoms with van der Waals surface area (Å²) in [5, 5.41) is 9.15. The second-order valence-electron chi connectivity index (χ2n) is 4.43. The van der Waals surface area contributed by atoms with Gasteiger partial charge in [-0.25, -0.2) is 0 Å². The number of ether oxygens (including phenoxy) is 1. The molecule has 1 heterocycles. The third-order valence-electron chi connectivity index (χ3n) is 3.39. The van der Waals surface area contributed by atoms with Crippen molar-refractivity contribution in [2.24, 2.45) is 0 Å². The molecular formula is C14H16N2O2. The third-order valence-corrected chi connectivity index (χ3v) is 3.39. The summed E-state index contributed by atoms with van der Waals surface area (Å²) < 4.78 is 5.33. The summed E-state index contributed by atoms with van der Waals surface area (Å²) in [5.74, 6) is 0. The Hall–Kier alpha value is -1.86. The second-order valence-corrected chi connectivity index (χ2v) is 4.43. The Morgan fingerprint density at radius 3 is 2.72 bits per heavy atom. The highest BCUT2D eigenvalue weighted by atomic mass is 16.5. The van der Waals surface area contributed by atoms with Crippen LogP contribution in [0.5, 0.6) is 0 Å². The standard InChI is InChI=1S/C14H16N2O2/c1-18-13-4-6-16(7-5-13)14-3-2-11(10-17)8-12(14)9-15/h2-3,8,10,13H,4-7H2,1H3. The monoisotopic (exact) mass is 244 g/mol. The van der Waals surface area contributed by atoms with Gasteiger partial charge in [-0.2, -0.15) is 5.26 Å². The van der Waals surface area contributed by atoms with Crippen LogP contribution in [0, 0.1) is 11.3 Å². The van der Waals surface area contributed by atoms with Crippen molar-refractivity contribution in [3.63, 3.8) is 0 Å². The van der Waals surface area contributed by atoms with Gasteiger partial charge in [0.1, 0.15) is 12.4 Å². The first-order valence-electron chi connectivity index (χ1n) is 6.05. The number of hydrogen-bond donors (Lipinski definition) is 0. The Morgan fingerprint density at radius 2 is 2.17 bits per heavy atom. The van der Waals surface area contributed by atoms with Gasteiger partial charge < -0.3 is 9.64 Å². The number of nitrogens with zero attached hydrogens (tertiary/aromatic N) is 2. The van der Waals surface area contributed by atoms with E-state index >= 15 is 0 Å². The molecule has 2 rings (SSSR count). The fourth-order valence-corrected chi connectivity index (χ4v) is 2.32. The van der Waals surface area contributed by atoms with E-state index < -0.39 is 0 Å². The zero-order chi connectivity index (χ0) is 13.0. The number of anilines is 1. The average molecular weight is 244 g/mol. The molecule has 1 fully saturated rings. The summed E-state index contributed by atoms with van der Waals surface area (Å²) in [7, 11) is 1.74. The van der Waals surface area contributed by atoms with Gasteiger partial charge in [0.2, 0.25) is 0 Å². The maximum atomic E-state index is 10.7. The van der Waals surface area contributed by atoms with Gasteiger partial charge in [-0.15, -0.1) is 0 Å². The van der Waals surface area contributed by atoms with E-state index in [1.807, 2.05) is 6.07 Å². The molecule has 0 radical (unpaired) electrons. The fourth-order valence-electron chi connectivity index (χ4n) is 2.32. The molecule has 1 saturated heterocycles. The molecule has 94 valence electrons. The van der Waals surface area contributed by atoms with E-state index in [2.05, 4.69) is 11.0 Å². The lowest BCUT2D eigenvalue weighted by Gasteiger charge is -2.33. The van der Waals surface area contributed by atoms with Crippen LogP contribution >= 0.6 is 0 Å². The molecule has 0 spiro atoms. The Bertz CT molecular complexity index is 471. The maximum Gasteiger partial charge on any atom is 0.150 e. The fraction of sp³-hybridized carbons (Fsp3) is 0.429. The minimum absolute atomic E-state index is 0.320. The van der Waals surface area contributed by atoms with E-state index in [4.69, 9.17) is 10.00 Å². The number of aldehydes is 1. The van der Waals surface area contributed by atoms with Crippen molar-refractivity contribution in [3.8, 4) is 6.07 Å². The smallest absolute Gasteiger partial charge is 0.150 e. The summed E-state index contributed by atoms with van der Waals surface area (Å²) in [6.07, 6.45) is 3.02. The van der Waals surface area contributed by atoms with Gasteiger partial charge in [-0.1, -0.05) is 0 Å². The van der Waals surface area contributed by atoms with Crippen LogP contribution in [0.1, 0.15) is 28.8 Å². The highest BCUT2D eigenvalue weighted by Crippen LogP contribution is 2.25. The van der Waals surface area contributed by atoms with Gasteiger partial charge >= 0.3 is 0 Å². The van der Waals surface area contributed by atoms with Crippen molar-refractivity contribution in [2.75, 3.05) is 25.1 Å². The van der Waals surface area contributed by atoms with Crippen molar-refractivity contribution in [3.05, 3.63) is 29.3 Å². The van der Waals surface area contributed by atoms with Crippen LogP contribution in [0.2, 0.25) is 0 Å². The maximum absolute atomic E-state index is 10.7. The van der Waals surface area contributed by atoms with E-state index in [9.17, 15) is 4.79 Å². The van der Waals surface area contributed by atoms with Crippen LogP contribution in [0.3, 0.4) is 0 Å². The number of benzene rings is 1. The summed E-state index contributed by atoms with van der Waals surface area (Å²) in [5.41, 5.74) is 2.02. The number of piperidine rings is 1. The topological polar surface area (TPSA) is 53.3 Å². The quantitative estimate of drug-likeness (QED) is 0.763. The molecule has 0 N–H and O–H groups in total. The zero-order valence-electron chi connectivity index (χ0n) is 10.4. The number of nitriles is 1. The van der Waals surface area contributed by atoms with Gasteiger partial charge in [0.05, 0.1) is 17.4 Å². The number of carbonyl (C=O) groups excluding carboxylic acids is 1. The highest BCUT2D eigenvalue weighted by Gasteiger charge is 2.20. The van der Waals surface area contributed by atoms with E-state index in [-0.39, 0.29) is 0 Å². The predicted molar refractivity (Wildman–Crippen MR) is 68.8 cm³/mol. The van der Waals surface area contributed by atoms with Crippen molar-refractivity contribution < 1.29 is 9.53 Å². The lowest BCUT2D eigenvalue weighted by molar-refractivity contribution is 0.0819. The normalized spacial score (nSPS) is 16.3. The summed E-state index contributed by atoms with van der Waals surface area (Å²) >= 11 is 0. The van der Waals surface area contributed by atoms with E-state index in [1.165, 1.54) is 0 Å². The molecule has 0 bridgehead atoms.